The zero-order valence-corrected chi connectivity index (χ0v) is 11.4. The summed E-state index contributed by atoms with van der Waals surface area (Å²) < 4.78 is 9.65. The summed E-state index contributed by atoms with van der Waals surface area (Å²) in [5, 5.41) is 0. The highest BCUT2D eigenvalue weighted by Gasteiger charge is 2.20. The molecular formula is C15H16O5. The van der Waals surface area contributed by atoms with Crippen LogP contribution < -0.4 is 0 Å². The maximum absolute atomic E-state index is 11.7. The highest BCUT2D eigenvalue weighted by molar-refractivity contribution is 6.17. The van der Waals surface area contributed by atoms with Crippen molar-refractivity contribution in [1.29, 1.82) is 0 Å². The van der Waals surface area contributed by atoms with Crippen LogP contribution in [0.2, 0.25) is 0 Å². The van der Waals surface area contributed by atoms with Gasteiger partial charge < -0.3 is 9.47 Å². The monoisotopic (exact) mass is 276 g/mol. The maximum atomic E-state index is 11.7. The zero-order valence-electron chi connectivity index (χ0n) is 11.4. The fourth-order valence-corrected chi connectivity index (χ4v) is 1.46. The summed E-state index contributed by atoms with van der Waals surface area (Å²) in [5.74, 6) is -1.46. The first-order valence-electron chi connectivity index (χ1n) is 6.23. The minimum Gasteiger partial charge on any atom is -0.462 e. The fraction of sp³-hybridized carbons (Fsp3) is 0.267. The van der Waals surface area contributed by atoms with Crippen LogP contribution in [0.25, 0.3) is 6.08 Å². The number of rotatable bonds is 6. The molecule has 0 unspecified atom stereocenters. The van der Waals surface area contributed by atoms with Crippen molar-refractivity contribution < 1.29 is 23.9 Å². The van der Waals surface area contributed by atoms with E-state index in [0.717, 1.165) is 0 Å². The van der Waals surface area contributed by atoms with E-state index in [1.165, 1.54) is 6.08 Å². The van der Waals surface area contributed by atoms with E-state index in [1.54, 1.807) is 38.1 Å². The minimum absolute atomic E-state index is 0.166. The van der Waals surface area contributed by atoms with Gasteiger partial charge in [-0.25, -0.2) is 9.59 Å². The van der Waals surface area contributed by atoms with Gasteiger partial charge in [-0.05, 0) is 25.5 Å². The van der Waals surface area contributed by atoms with Crippen LogP contribution in [-0.4, -0.2) is 31.4 Å². The second-order valence-corrected chi connectivity index (χ2v) is 3.78. The fourth-order valence-electron chi connectivity index (χ4n) is 1.46. The third kappa shape index (κ3) is 4.35. The lowest BCUT2D eigenvalue weighted by atomic mass is 10.1. The van der Waals surface area contributed by atoms with Crippen molar-refractivity contribution in [3.05, 3.63) is 41.0 Å². The second kappa shape index (κ2) is 7.89. The topological polar surface area (TPSA) is 69.7 Å². The normalized spacial score (nSPS) is 9.50. The van der Waals surface area contributed by atoms with Crippen LogP contribution in [0.3, 0.4) is 0 Å². The van der Waals surface area contributed by atoms with Gasteiger partial charge in [-0.1, -0.05) is 24.3 Å². The summed E-state index contributed by atoms with van der Waals surface area (Å²) in [6.07, 6.45) is 2.09. The van der Waals surface area contributed by atoms with E-state index in [2.05, 4.69) is 0 Å². The predicted octanol–water partition coefficient (Wildman–Crippen LogP) is 2.01. The molecule has 5 nitrogen and oxygen atoms in total. The van der Waals surface area contributed by atoms with Crippen molar-refractivity contribution in [1.82, 2.24) is 0 Å². The van der Waals surface area contributed by atoms with Crippen molar-refractivity contribution in [2.75, 3.05) is 13.2 Å². The van der Waals surface area contributed by atoms with Crippen LogP contribution in [0.1, 0.15) is 29.8 Å². The quantitative estimate of drug-likeness (QED) is 0.261. The van der Waals surface area contributed by atoms with Crippen LogP contribution in [0, 0.1) is 0 Å². The Kier molecular flexibility index (Phi) is 6.16. The highest BCUT2D eigenvalue weighted by atomic mass is 16.6. The molecule has 1 aromatic rings. The van der Waals surface area contributed by atoms with Gasteiger partial charge in [0.2, 0.25) is 0 Å². The van der Waals surface area contributed by atoms with Crippen molar-refractivity contribution in [3.8, 4) is 0 Å². The molecule has 106 valence electrons. The molecule has 0 aliphatic heterocycles. The largest absolute Gasteiger partial charge is 0.462 e. The second-order valence-electron chi connectivity index (χ2n) is 3.78. The van der Waals surface area contributed by atoms with E-state index in [0.29, 0.717) is 17.4 Å². The summed E-state index contributed by atoms with van der Waals surface area (Å²) in [5.41, 5.74) is 0.940. The third-order valence-corrected chi connectivity index (χ3v) is 2.37. The van der Waals surface area contributed by atoms with Gasteiger partial charge in [-0.3, -0.25) is 4.79 Å². The van der Waals surface area contributed by atoms with Crippen LogP contribution in [0.5, 0.6) is 0 Å². The molecule has 0 aliphatic carbocycles. The molecule has 0 radical (unpaired) electrons. The van der Waals surface area contributed by atoms with Gasteiger partial charge in [0.25, 0.3) is 0 Å². The van der Waals surface area contributed by atoms with E-state index in [4.69, 9.17) is 9.47 Å². The van der Waals surface area contributed by atoms with E-state index in [-0.39, 0.29) is 18.8 Å². The zero-order chi connectivity index (χ0) is 15.0. The summed E-state index contributed by atoms with van der Waals surface area (Å²) >= 11 is 0. The van der Waals surface area contributed by atoms with Gasteiger partial charge in [0, 0.05) is 5.56 Å². The first-order valence-corrected chi connectivity index (χ1v) is 6.23. The van der Waals surface area contributed by atoms with Gasteiger partial charge in [-0.2, -0.15) is 0 Å². The van der Waals surface area contributed by atoms with E-state index in [1.807, 2.05) is 0 Å². The van der Waals surface area contributed by atoms with Gasteiger partial charge in [0.1, 0.15) is 11.9 Å². The van der Waals surface area contributed by atoms with E-state index in [9.17, 15) is 14.4 Å². The average molecular weight is 276 g/mol. The Morgan fingerprint density at radius 1 is 0.950 bits per heavy atom. The van der Waals surface area contributed by atoms with Gasteiger partial charge in [0.15, 0.2) is 0 Å². The number of hydrogen-bond donors (Lipinski definition) is 0. The van der Waals surface area contributed by atoms with E-state index < -0.39 is 11.9 Å². The Balaban J connectivity index is 3.06. The van der Waals surface area contributed by atoms with Crippen molar-refractivity contribution in [2.45, 2.75) is 13.8 Å². The molecule has 0 N–H and O–H groups in total. The summed E-state index contributed by atoms with van der Waals surface area (Å²) in [6.45, 7) is 3.64. The predicted molar refractivity (Wildman–Crippen MR) is 73.1 cm³/mol. The van der Waals surface area contributed by atoms with Crippen LogP contribution in [0.15, 0.2) is 29.8 Å². The Labute approximate surface area is 117 Å². The SMILES string of the molecule is CCOC(=O)C(=Cc1ccc(C=O)cc1)C(=O)OCC. The molecular weight excluding hydrogens is 260 g/mol. The Morgan fingerprint density at radius 2 is 1.40 bits per heavy atom. The molecule has 20 heavy (non-hydrogen) atoms. The number of carbonyl (C=O) groups is 3. The number of carbonyl (C=O) groups excluding carboxylic acids is 3. The number of esters is 2. The lowest BCUT2D eigenvalue weighted by Gasteiger charge is -2.06. The highest BCUT2D eigenvalue weighted by Crippen LogP contribution is 2.11. The van der Waals surface area contributed by atoms with Crippen LogP contribution >= 0.6 is 0 Å². The number of ether oxygens (including phenoxy) is 2. The Bertz CT molecular complexity index is 494. The molecule has 0 bridgehead atoms. The smallest absolute Gasteiger partial charge is 0.345 e. The maximum Gasteiger partial charge on any atom is 0.345 e. The molecule has 0 atom stereocenters. The molecule has 0 amide bonds. The Morgan fingerprint density at radius 3 is 1.80 bits per heavy atom. The molecule has 0 saturated carbocycles. The summed E-state index contributed by atoms with van der Waals surface area (Å²) in [6, 6.07) is 6.43. The lowest BCUT2D eigenvalue weighted by Crippen LogP contribution is -2.18. The van der Waals surface area contributed by atoms with Crippen molar-refractivity contribution in [2.24, 2.45) is 0 Å². The minimum atomic E-state index is -0.731. The molecule has 0 heterocycles. The number of aldehydes is 1. The number of benzene rings is 1. The average Bonchev–Trinajstić information content (AvgIpc) is 2.45. The summed E-state index contributed by atoms with van der Waals surface area (Å²) in [4.78, 5) is 34.0. The standard InChI is InChI=1S/C15H16O5/c1-3-19-14(17)13(15(18)20-4-2)9-11-5-7-12(10-16)8-6-11/h5-10H,3-4H2,1-2H3. The third-order valence-electron chi connectivity index (χ3n) is 2.37. The van der Waals surface area contributed by atoms with Crippen molar-refractivity contribution in [3.63, 3.8) is 0 Å². The van der Waals surface area contributed by atoms with Crippen LogP contribution in [0.4, 0.5) is 0 Å². The molecule has 1 aromatic carbocycles. The van der Waals surface area contributed by atoms with Crippen LogP contribution in [-0.2, 0) is 19.1 Å². The first-order chi connectivity index (χ1) is 9.62. The molecule has 0 saturated heterocycles. The lowest BCUT2D eigenvalue weighted by molar-refractivity contribution is -0.146. The molecule has 0 spiro atoms. The molecule has 1 rings (SSSR count). The van der Waals surface area contributed by atoms with E-state index >= 15 is 0 Å². The molecule has 0 aromatic heterocycles. The van der Waals surface area contributed by atoms with Crippen molar-refractivity contribution >= 4 is 24.3 Å². The first kappa shape index (κ1) is 15.6. The number of hydrogen-bond acceptors (Lipinski definition) is 5. The van der Waals surface area contributed by atoms with Gasteiger partial charge in [0.05, 0.1) is 13.2 Å². The molecule has 5 heteroatoms. The Hall–Kier alpha value is -2.43. The van der Waals surface area contributed by atoms with Gasteiger partial charge in [-0.15, -0.1) is 0 Å². The van der Waals surface area contributed by atoms with Gasteiger partial charge >= 0.3 is 11.9 Å². The molecule has 0 aliphatic rings. The molecule has 0 fully saturated rings. The summed E-state index contributed by atoms with van der Waals surface area (Å²) in [7, 11) is 0.